The number of rotatable bonds is 4. The Labute approximate surface area is 225 Å². The normalized spacial score (nSPS) is 51.6. The fourth-order valence-corrected chi connectivity index (χ4v) is 12.2. The van der Waals surface area contributed by atoms with Crippen LogP contribution in [0, 0.1) is 50.7 Å². The van der Waals surface area contributed by atoms with E-state index in [0.717, 1.165) is 32.1 Å². The van der Waals surface area contributed by atoms with Gasteiger partial charge in [0.1, 0.15) is 11.6 Å². The molecule has 5 aliphatic carbocycles. The van der Waals surface area contributed by atoms with Crippen molar-refractivity contribution in [3.8, 4) is 0 Å². The quantitative estimate of drug-likeness (QED) is 0.391. The van der Waals surface area contributed by atoms with Crippen LogP contribution in [-0.4, -0.2) is 29.1 Å². The SMILES string of the molecule is C[C@H](CC[C@@H]1OC(C)(C)OC1(C)C)[C@H]1C(=O)C[C@@]2(C)[C@@H]3CC[C@H]4C(C)(C)C(=O)CC[C@@]45C[C@@]35CC[C@]12C. The van der Waals surface area contributed by atoms with E-state index in [1.54, 1.807) is 0 Å². The van der Waals surface area contributed by atoms with E-state index in [9.17, 15) is 9.59 Å². The first-order chi connectivity index (χ1) is 17.0. The summed E-state index contributed by atoms with van der Waals surface area (Å²) in [4.78, 5) is 26.9. The van der Waals surface area contributed by atoms with Crippen LogP contribution < -0.4 is 0 Å². The van der Waals surface area contributed by atoms with Crippen molar-refractivity contribution in [1.29, 1.82) is 0 Å². The minimum Gasteiger partial charge on any atom is -0.344 e. The summed E-state index contributed by atoms with van der Waals surface area (Å²) in [5.41, 5.74) is 0.416. The summed E-state index contributed by atoms with van der Waals surface area (Å²) in [7, 11) is 0. The van der Waals surface area contributed by atoms with E-state index >= 15 is 0 Å². The molecule has 0 aromatic rings. The topological polar surface area (TPSA) is 52.6 Å². The predicted molar refractivity (Wildman–Crippen MR) is 145 cm³/mol. The highest BCUT2D eigenvalue weighted by Crippen LogP contribution is 2.88. The highest BCUT2D eigenvalue weighted by molar-refractivity contribution is 5.87. The van der Waals surface area contributed by atoms with Crippen molar-refractivity contribution < 1.29 is 19.1 Å². The monoisotopic (exact) mass is 512 g/mol. The molecule has 0 unspecified atom stereocenters. The van der Waals surface area contributed by atoms with Crippen molar-refractivity contribution in [3.05, 3.63) is 0 Å². The lowest BCUT2D eigenvalue weighted by molar-refractivity contribution is -0.158. The van der Waals surface area contributed by atoms with E-state index in [-0.39, 0.29) is 33.9 Å². The third-order valence-corrected chi connectivity index (χ3v) is 13.9. The second-order valence-corrected chi connectivity index (χ2v) is 16.5. The zero-order valence-electron chi connectivity index (χ0n) is 25.1. The Balaban J connectivity index is 1.24. The standard InChI is InChI=1S/C33H52O4/c1-20(10-13-25-28(4,5)37-29(6,7)36-25)26-21(34)18-31(9)23-12-11-22-27(2,3)24(35)14-15-32(22)19-33(23,32)17-16-30(26,31)8/h20,22-23,25-26H,10-19H2,1-9H3/t20-,22+,23+,25+,26+,30-,31+,32-,33+/m1/s1. The van der Waals surface area contributed by atoms with E-state index < -0.39 is 5.79 Å². The van der Waals surface area contributed by atoms with Gasteiger partial charge in [0.25, 0.3) is 0 Å². The second-order valence-electron chi connectivity index (χ2n) is 16.5. The number of fused-ring (bicyclic) bond motifs is 2. The molecule has 9 atom stereocenters. The summed E-state index contributed by atoms with van der Waals surface area (Å²) in [6.07, 6.45) is 10.8. The third-order valence-electron chi connectivity index (χ3n) is 13.9. The van der Waals surface area contributed by atoms with E-state index in [0.29, 0.717) is 40.2 Å². The van der Waals surface area contributed by atoms with Gasteiger partial charge in [-0.25, -0.2) is 0 Å². The van der Waals surface area contributed by atoms with Gasteiger partial charge in [0.15, 0.2) is 5.79 Å². The van der Waals surface area contributed by atoms with Crippen molar-refractivity contribution in [2.45, 2.75) is 144 Å². The van der Waals surface area contributed by atoms with Crippen molar-refractivity contribution in [2.24, 2.45) is 50.7 Å². The van der Waals surface area contributed by atoms with Crippen LogP contribution in [0.15, 0.2) is 0 Å². The summed E-state index contributed by atoms with van der Waals surface area (Å²) in [6, 6.07) is 0. The number of carbonyl (C=O) groups is 2. The van der Waals surface area contributed by atoms with Crippen LogP contribution in [0.5, 0.6) is 0 Å². The molecule has 6 fully saturated rings. The lowest BCUT2D eigenvalue weighted by Gasteiger charge is -2.62. The zero-order valence-corrected chi connectivity index (χ0v) is 25.1. The minimum atomic E-state index is -0.541. The molecule has 5 saturated carbocycles. The van der Waals surface area contributed by atoms with Crippen molar-refractivity contribution in [2.75, 3.05) is 0 Å². The van der Waals surface area contributed by atoms with Gasteiger partial charge in [0, 0.05) is 24.2 Å². The van der Waals surface area contributed by atoms with Gasteiger partial charge in [-0.15, -0.1) is 0 Å². The Bertz CT molecular complexity index is 1030. The molecular weight excluding hydrogens is 460 g/mol. The second kappa shape index (κ2) is 7.50. The number of hydrogen-bond acceptors (Lipinski definition) is 4. The maximum absolute atomic E-state index is 13.9. The van der Waals surface area contributed by atoms with E-state index in [1.807, 2.05) is 13.8 Å². The Hall–Kier alpha value is -0.740. The summed E-state index contributed by atoms with van der Waals surface area (Å²) in [5, 5.41) is 0. The highest BCUT2D eigenvalue weighted by atomic mass is 16.8. The van der Waals surface area contributed by atoms with Crippen LogP contribution in [0.2, 0.25) is 0 Å². The van der Waals surface area contributed by atoms with Crippen LogP contribution in [0.25, 0.3) is 0 Å². The molecule has 6 rings (SSSR count). The smallest absolute Gasteiger partial charge is 0.164 e. The molecule has 6 aliphatic rings. The van der Waals surface area contributed by atoms with Gasteiger partial charge in [0.05, 0.1) is 11.7 Å². The Morgan fingerprint density at radius 3 is 2.16 bits per heavy atom. The zero-order chi connectivity index (χ0) is 27.0. The van der Waals surface area contributed by atoms with Gasteiger partial charge >= 0.3 is 0 Å². The van der Waals surface area contributed by atoms with E-state index in [2.05, 4.69) is 48.5 Å². The summed E-state index contributed by atoms with van der Waals surface area (Å²) >= 11 is 0. The predicted octanol–water partition coefficient (Wildman–Crippen LogP) is 7.52. The number of ketones is 2. The molecule has 4 nitrogen and oxygen atoms in total. The van der Waals surface area contributed by atoms with E-state index in [4.69, 9.17) is 9.47 Å². The van der Waals surface area contributed by atoms with Gasteiger partial charge in [-0.2, -0.15) is 0 Å². The first-order valence-electron chi connectivity index (χ1n) is 15.4. The largest absolute Gasteiger partial charge is 0.344 e. The van der Waals surface area contributed by atoms with Crippen molar-refractivity contribution in [1.82, 2.24) is 0 Å². The molecule has 208 valence electrons. The maximum atomic E-state index is 13.9. The molecule has 1 aliphatic heterocycles. The fourth-order valence-electron chi connectivity index (χ4n) is 12.2. The maximum Gasteiger partial charge on any atom is 0.164 e. The van der Waals surface area contributed by atoms with Crippen LogP contribution in [0.3, 0.4) is 0 Å². The van der Waals surface area contributed by atoms with Gasteiger partial charge in [-0.1, -0.05) is 34.6 Å². The van der Waals surface area contributed by atoms with Gasteiger partial charge < -0.3 is 9.47 Å². The molecule has 0 bridgehead atoms. The van der Waals surface area contributed by atoms with Crippen LogP contribution in [-0.2, 0) is 19.1 Å². The van der Waals surface area contributed by atoms with Crippen molar-refractivity contribution in [3.63, 3.8) is 0 Å². The average molecular weight is 513 g/mol. The summed E-state index contributed by atoms with van der Waals surface area (Å²) < 4.78 is 12.5. The molecule has 1 saturated heterocycles. The molecule has 0 radical (unpaired) electrons. The highest BCUT2D eigenvalue weighted by Gasteiger charge is 2.82. The first kappa shape index (κ1) is 26.5. The van der Waals surface area contributed by atoms with Crippen molar-refractivity contribution >= 4 is 11.6 Å². The molecule has 37 heavy (non-hydrogen) atoms. The van der Waals surface area contributed by atoms with Gasteiger partial charge in [0.2, 0.25) is 0 Å². The third kappa shape index (κ3) is 3.21. The number of carbonyl (C=O) groups excluding carboxylic acids is 2. The van der Waals surface area contributed by atoms with Gasteiger partial charge in [-0.3, -0.25) is 9.59 Å². The average Bonchev–Trinajstić information content (AvgIpc) is 3.30. The molecule has 4 heteroatoms. The summed E-state index contributed by atoms with van der Waals surface area (Å²) in [6.45, 7) is 20.1. The Kier molecular flexibility index (Phi) is 5.37. The van der Waals surface area contributed by atoms with E-state index in [1.165, 1.54) is 32.1 Å². The van der Waals surface area contributed by atoms with Crippen LogP contribution in [0.4, 0.5) is 0 Å². The van der Waals surface area contributed by atoms with Gasteiger partial charge in [-0.05, 0) is 118 Å². The number of Topliss-reactive ketones (excluding diaryl/α,β-unsaturated/α-hetero) is 2. The molecule has 0 amide bonds. The van der Waals surface area contributed by atoms with Crippen LogP contribution in [0.1, 0.15) is 127 Å². The molecule has 0 N–H and O–H groups in total. The Morgan fingerprint density at radius 2 is 1.51 bits per heavy atom. The molecule has 0 aromatic heterocycles. The Morgan fingerprint density at radius 1 is 0.865 bits per heavy atom. The first-order valence-corrected chi connectivity index (χ1v) is 15.4. The molecule has 2 spiro atoms. The fraction of sp³-hybridized carbons (Fsp3) is 0.939. The lowest BCUT2D eigenvalue weighted by atomic mass is 9.42. The number of ether oxygens (including phenoxy) is 2. The summed E-state index contributed by atoms with van der Waals surface area (Å²) in [5.74, 6) is 2.14. The minimum absolute atomic E-state index is 0.0641. The molecule has 1 heterocycles. The lowest BCUT2D eigenvalue weighted by Crippen LogP contribution is -2.57. The van der Waals surface area contributed by atoms with Crippen LogP contribution >= 0.6 is 0 Å². The molecular formula is C33H52O4. The molecule has 0 aromatic carbocycles. The number of hydrogen-bond donors (Lipinski definition) is 0.